The first-order chi connectivity index (χ1) is 19.3. The van der Waals surface area contributed by atoms with Gasteiger partial charge in [-0.3, -0.25) is 9.59 Å². The molecule has 0 spiro atoms. The summed E-state index contributed by atoms with van der Waals surface area (Å²) in [6.45, 7) is 3.79. The van der Waals surface area contributed by atoms with Crippen LogP contribution in [0.25, 0.3) is 16.9 Å². The van der Waals surface area contributed by atoms with Crippen molar-refractivity contribution in [3.63, 3.8) is 0 Å². The van der Waals surface area contributed by atoms with Crippen LogP contribution in [0.5, 0.6) is 5.75 Å². The molecule has 0 aliphatic heterocycles. The number of hydrogen-bond donors (Lipinski definition) is 3. The van der Waals surface area contributed by atoms with E-state index in [1.165, 1.54) is 6.07 Å². The summed E-state index contributed by atoms with van der Waals surface area (Å²) in [5.74, 6) is -0.360. The van der Waals surface area contributed by atoms with E-state index in [0.29, 0.717) is 30.6 Å². The summed E-state index contributed by atoms with van der Waals surface area (Å²) >= 11 is 0. The molecule has 4 rings (SSSR count). The van der Waals surface area contributed by atoms with Gasteiger partial charge in [0.15, 0.2) is 0 Å². The van der Waals surface area contributed by atoms with Crippen molar-refractivity contribution in [3.05, 3.63) is 89.2 Å². The topological polar surface area (TPSA) is 143 Å². The number of aromatic nitrogens is 2. The highest BCUT2D eigenvalue weighted by Crippen LogP contribution is 2.23. The first-order valence-electron chi connectivity index (χ1n) is 13.2. The van der Waals surface area contributed by atoms with Gasteiger partial charge in [0, 0.05) is 42.6 Å². The van der Waals surface area contributed by atoms with E-state index in [4.69, 9.17) is 15.5 Å². The number of benzene rings is 2. The first kappa shape index (κ1) is 28.3. The Labute approximate surface area is 233 Å². The average molecular weight is 540 g/mol. The molecule has 9 heteroatoms. The Balaban J connectivity index is 1.50. The summed E-state index contributed by atoms with van der Waals surface area (Å²) in [7, 11) is 0. The lowest BCUT2D eigenvalue weighted by Gasteiger charge is -2.19. The number of aliphatic hydroxyl groups is 1. The van der Waals surface area contributed by atoms with Crippen LogP contribution in [0.1, 0.15) is 53.7 Å². The largest absolute Gasteiger partial charge is 0.490 e. The normalized spacial score (nSPS) is 11.8. The van der Waals surface area contributed by atoms with Crippen LogP contribution in [0, 0.1) is 11.3 Å². The highest BCUT2D eigenvalue weighted by atomic mass is 16.5. The molecular weight excluding hydrogens is 506 g/mol. The zero-order chi connectivity index (χ0) is 28.6. The lowest BCUT2D eigenvalue weighted by atomic mass is 9.99. The molecule has 1 atom stereocenters. The summed E-state index contributed by atoms with van der Waals surface area (Å²) in [6, 6.07) is 18.3. The van der Waals surface area contributed by atoms with Gasteiger partial charge in [0.25, 0.3) is 5.91 Å². The predicted octanol–water partition coefficient (Wildman–Crippen LogP) is 3.80. The fourth-order valence-electron chi connectivity index (χ4n) is 4.55. The molecule has 0 aliphatic carbocycles. The molecule has 2 aromatic heterocycles. The molecule has 0 bridgehead atoms. The predicted molar refractivity (Wildman–Crippen MR) is 152 cm³/mol. The van der Waals surface area contributed by atoms with E-state index >= 15 is 0 Å². The third kappa shape index (κ3) is 7.04. The minimum atomic E-state index is -0.441. The van der Waals surface area contributed by atoms with E-state index in [-0.39, 0.29) is 36.6 Å². The average Bonchev–Trinajstić information content (AvgIpc) is 3.37. The SMILES string of the molecule is CC(C)Oc1ccc(C(=O)NC(CCC(N)=O)Cc2ccc(-c3cn4cccc(CCO)c4n3)cc2)cc1C#N. The van der Waals surface area contributed by atoms with Gasteiger partial charge < -0.3 is 25.3 Å². The van der Waals surface area contributed by atoms with E-state index in [2.05, 4.69) is 11.4 Å². The Bertz CT molecular complexity index is 1540. The number of carbonyl (C=O) groups is 2. The second kappa shape index (κ2) is 12.9. The summed E-state index contributed by atoms with van der Waals surface area (Å²) < 4.78 is 7.60. The molecule has 40 heavy (non-hydrogen) atoms. The van der Waals surface area contributed by atoms with Crippen molar-refractivity contribution in [2.75, 3.05) is 6.61 Å². The van der Waals surface area contributed by atoms with Gasteiger partial charge in [-0.05, 0) is 68.5 Å². The van der Waals surface area contributed by atoms with Crippen LogP contribution in [0.15, 0.2) is 67.0 Å². The van der Waals surface area contributed by atoms with E-state index in [1.54, 1.807) is 12.1 Å². The van der Waals surface area contributed by atoms with Crippen LogP contribution in [0.3, 0.4) is 0 Å². The molecule has 2 aromatic carbocycles. The minimum Gasteiger partial charge on any atom is -0.490 e. The number of ether oxygens (including phenoxy) is 1. The number of fused-ring (bicyclic) bond motifs is 1. The number of imidazole rings is 1. The lowest BCUT2D eigenvalue weighted by molar-refractivity contribution is -0.118. The fraction of sp³-hybridized carbons (Fsp3) is 0.290. The molecule has 4 N–H and O–H groups in total. The van der Waals surface area contributed by atoms with Gasteiger partial charge in [0.1, 0.15) is 17.5 Å². The quantitative estimate of drug-likeness (QED) is 0.250. The van der Waals surface area contributed by atoms with Crippen molar-refractivity contribution >= 4 is 17.5 Å². The maximum atomic E-state index is 13.1. The highest BCUT2D eigenvalue weighted by Gasteiger charge is 2.18. The molecule has 0 aliphatic rings. The van der Waals surface area contributed by atoms with Gasteiger partial charge in [-0.25, -0.2) is 4.98 Å². The van der Waals surface area contributed by atoms with Gasteiger partial charge >= 0.3 is 0 Å². The van der Waals surface area contributed by atoms with Crippen molar-refractivity contribution in [1.29, 1.82) is 5.26 Å². The van der Waals surface area contributed by atoms with Gasteiger partial charge in [0.05, 0.1) is 17.4 Å². The Morgan fingerprint density at radius 3 is 2.62 bits per heavy atom. The number of carbonyl (C=O) groups excluding carboxylic acids is 2. The van der Waals surface area contributed by atoms with E-state index in [9.17, 15) is 20.0 Å². The highest BCUT2D eigenvalue weighted by molar-refractivity contribution is 5.95. The summed E-state index contributed by atoms with van der Waals surface area (Å²) in [5.41, 5.74) is 10.5. The number of hydrogen-bond acceptors (Lipinski definition) is 6. The van der Waals surface area contributed by atoms with Gasteiger partial charge in [-0.2, -0.15) is 5.26 Å². The smallest absolute Gasteiger partial charge is 0.251 e. The number of nitrogens with two attached hydrogens (primary N) is 1. The first-order valence-corrected chi connectivity index (χ1v) is 13.2. The second-order valence-corrected chi connectivity index (χ2v) is 9.93. The third-order valence-electron chi connectivity index (χ3n) is 6.48. The van der Waals surface area contributed by atoms with Crippen molar-refractivity contribution in [1.82, 2.24) is 14.7 Å². The van der Waals surface area contributed by atoms with Crippen molar-refractivity contribution in [2.24, 2.45) is 5.73 Å². The molecule has 9 nitrogen and oxygen atoms in total. The van der Waals surface area contributed by atoms with Crippen LogP contribution in [0.2, 0.25) is 0 Å². The Kier molecular flexibility index (Phi) is 9.15. The number of primary amides is 1. The molecule has 1 unspecified atom stereocenters. The molecule has 0 saturated heterocycles. The number of nitrogens with zero attached hydrogens (tertiary/aromatic N) is 3. The Morgan fingerprint density at radius 1 is 1.18 bits per heavy atom. The number of pyridine rings is 1. The Morgan fingerprint density at radius 2 is 1.95 bits per heavy atom. The Hall–Kier alpha value is -4.68. The van der Waals surface area contributed by atoms with Crippen LogP contribution < -0.4 is 15.8 Å². The number of amides is 2. The zero-order valence-corrected chi connectivity index (χ0v) is 22.6. The number of nitrogens with one attached hydrogen (secondary N) is 1. The van der Waals surface area contributed by atoms with E-state index < -0.39 is 5.91 Å². The molecule has 2 amide bonds. The minimum absolute atomic E-state index is 0.0569. The monoisotopic (exact) mass is 539 g/mol. The maximum absolute atomic E-state index is 13.1. The van der Waals surface area contributed by atoms with Crippen LogP contribution >= 0.6 is 0 Å². The van der Waals surface area contributed by atoms with Crippen LogP contribution in [-0.2, 0) is 17.6 Å². The van der Waals surface area contributed by atoms with Crippen LogP contribution in [0.4, 0.5) is 0 Å². The third-order valence-corrected chi connectivity index (χ3v) is 6.48. The number of nitriles is 1. The summed E-state index contributed by atoms with van der Waals surface area (Å²) in [6.07, 6.45) is 5.31. The number of aliphatic hydroxyl groups excluding tert-OH is 1. The van der Waals surface area contributed by atoms with Gasteiger partial charge in [-0.1, -0.05) is 30.3 Å². The molecular formula is C31H33N5O4. The molecule has 2 heterocycles. The second-order valence-electron chi connectivity index (χ2n) is 9.93. The molecule has 0 saturated carbocycles. The van der Waals surface area contributed by atoms with Gasteiger partial charge in [0.2, 0.25) is 5.91 Å². The van der Waals surface area contributed by atoms with Gasteiger partial charge in [-0.15, -0.1) is 0 Å². The molecule has 206 valence electrons. The standard InChI is InChI=1S/C31H33N5O4/c1-20(2)40-28-11-9-24(17-25(28)18-32)31(39)34-26(10-12-29(33)38)16-21-5-7-22(8-6-21)27-19-36-14-3-4-23(13-15-37)30(36)35-27/h3-9,11,14,17,19-20,26,37H,10,12-13,15-16H2,1-2H3,(H2,33,38)(H,34,39). The molecule has 0 radical (unpaired) electrons. The lowest BCUT2D eigenvalue weighted by Crippen LogP contribution is -2.37. The van der Waals surface area contributed by atoms with E-state index in [0.717, 1.165) is 28.0 Å². The van der Waals surface area contributed by atoms with Crippen molar-refractivity contribution in [2.45, 2.75) is 51.7 Å². The maximum Gasteiger partial charge on any atom is 0.251 e. The van der Waals surface area contributed by atoms with Crippen molar-refractivity contribution in [3.8, 4) is 23.1 Å². The number of rotatable bonds is 12. The summed E-state index contributed by atoms with van der Waals surface area (Å²) in [4.78, 5) is 29.3. The van der Waals surface area contributed by atoms with Crippen molar-refractivity contribution < 1.29 is 19.4 Å². The summed E-state index contributed by atoms with van der Waals surface area (Å²) in [5, 5.41) is 21.9. The molecule has 0 fully saturated rings. The molecule has 4 aromatic rings. The fourth-order valence-corrected chi connectivity index (χ4v) is 4.55. The zero-order valence-electron chi connectivity index (χ0n) is 22.6. The van der Waals surface area contributed by atoms with E-state index in [1.807, 2.05) is 67.0 Å². The van der Waals surface area contributed by atoms with Crippen LogP contribution in [-0.4, -0.2) is 45.1 Å².